The van der Waals surface area contributed by atoms with Crippen molar-refractivity contribution in [3.05, 3.63) is 99.6 Å². The van der Waals surface area contributed by atoms with E-state index in [0.29, 0.717) is 18.8 Å². The summed E-state index contributed by atoms with van der Waals surface area (Å²) in [7, 11) is -3.62. The fraction of sp³-hybridized carbons (Fsp3) is 0.174. The molecular formula is C23H23IN2O3S. The van der Waals surface area contributed by atoms with Crippen molar-refractivity contribution in [1.29, 1.82) is 0 Å². The van der Waals surface area contributed by atoms with Crippen LogP contribution in [-0.2, 0) is 27.9 Å². The number of halogens is 1. The van der Waals surface area contributed by atoms with Crippen molar-refractivity contribution in [3.63, 3.8) is 0 Å². The Balaban J connectivity index is 1.87. The Bertz CT molecular complexity index is 1030. The summed E-state index contributed by atoms with van der Waals surface area (Å²) in [6.07, 6.45) is 1.12. The molecule has 0 aromatic heterocycles. The summed E-state index contributed by atoms with van der Waals surface area (Å²) < 4.78 is 27.0. The molecule has 5 nitrogen and oxygen atoms in total. The van der Waals surface area contributed by atoms with Gasteiger partial charge in [-0.1, -0.05) is 60.7 Å². The molecule has 0 unspecified atom stereocenters. The second-order valence-electron chi connectivity index (χ2n) is 6.97. The van der Waals surface area contributed by atoms with Gasteiger partial charge in [0.05, 0.1) is 11.9 Å². The van der Waals surface area contributed by atoms with Crippen LogP contribution < -0.4 is 4.31 Å². The summed E-state index contributed by atoms with van der Waals surface area (Å²) in [5.74, 6) is -0.258. The van der Waals surface area contributed by atoms with Gasteiger partial charge in [0.1, 0.15) is 6.54 Å². The largest absolute Gasteiger partial charge is 0.332 e. The third-order valence-corrected chi connectivity index (χ3v) is 6.44. The molecule has 0 aliphatic carbocycles. The number of hydrogen-bond acceptors (Lipinski definition) is 3. The van der Waals surface area contributed by atoms with E-state index in [0.717, 1.165) is 25.3 Å². The molecule has 0 saturated heterocycles. The van der Waals surface area contributed by atoms with Crippen LogP contribution in [0.15, 0.2) is 84.9 Å². The molecule has 3 rings (SSSR count). The number of anilines is 1. The monoisotopic (exact) mass is 534 g/mol. The van der Waals surface area contributed by atoms with Gasteiger partial charge in [0, 0.05) is 16.7 Å². The van der Waals surface area contributed by atoms with Gasteiger partial charge in [0.25, 0.3) is 0 Å². The molecule has 156 valence electrons. The number of sulfonamides is 1. The fourth-order valence-corrected chi connectivity index (χ4v) is 4.28. The van der Waals surface area contributed by atoms with Gasteiger partial charge < -0.3 is 4.90 Å². The minimum atomic E-state index is -3.62. The van der Waals surface area contributed by atoms with Crippen molar-refractivity contribution in [3.8, 4) is 0 Å². The molecule has 0 atom stereocenters. The highest BCUT2D eigenvalue weighted by Gasteiger charge is 2.24. The van der Waals surface area contributed by atoms with E-state index in [1.165, 1.54) is 0 Å². The molecule has 0 N–H and O–H groups in total. The van der Waals surface area contributed by atoms with Crippen LogP contribution >= 0.6 is 22.6 Å². The van der Waals surface area contributed by atoms with Crippen molar-refractivity contribution < 1.29 is 13.2 Å². The predicted molar refractivity (Wildman–Crippen MR) is 128 cm³/mol. The number of hydrogen-bond donors (Lipinski definition) is 0. The van der Waals surface area contributed by atoms with Crippen LogP contribution in [0, 0.1) is 3.57 Å². The second-order valence-corrected chi connectivity index (χ2v) is 10.1. The second kappa shape index (κ2) is 10.1. The van der Waals surface area contributed by atoms with Gasteiger partial charge in [0.2, 0.25) is 15.9 Å². The third kappa shape index (κ3) is 6.30. The van der Waals surface area contributed by atoms with E-state index < -0.39 is 10.0 Å². The number of carbonyl (C=O) groups is 1. The predicted octanol–water partition coefficient (Wildman–Crippen LogP) is 4.29. The first-order valence-electron chi connectivity index (χ1n) is 9.42. The molecular weight excluding hydrogens is 511 g/mol. The van der Waals surface area contributed by atoms with Crippen LogP contribution in [0.3, 0.4) is 0 Å². The van der Waals surface area contributed by atoms with E-state index in [-0.39, 0.29) is 12.5 Å². The zero-order valence-corrected chi connectivity index (χ0v) is 19.6. The Labute approximate surface area is 191 Å². The summed E-state index contributed by atoms with van der Waals surface area (Å²) in [4.78, 5) is 15.0. The van der Waals surface area contributed by atoms with E-state index in [1.807, 2.05) is 72.8 Å². The molecule has 0 bridgehead atoms. The lowest BCUT2D eigenvalue weighted by Gasteiger charge is -2.28. The highest BCUT2D eigenvalue weighted by Crippen LogP contribution is 2.20. The molecule has 0 fully saturated rings. The van der Waals surface area contributed by atoms with Gasteiger partial charge in [-0.3, -0.25) is 9.10 Å². The van der Waals surface area contributed by atoms with Gasteiger partial charge >= 0.3 is 0 Å². The highest BCUT2D eigenvalue weighted by atomic mass is 127. The van der Waals surface area contributed by atoms with Crippen LogP contribution in [-0.4, -0.2) is 32.0 Å². The Hall–Kier alpha value is -2.39. The number of carbonyl (C=O) groups excluding carboxylic acids is 1. The van der Waals surface area contributed by atoms with Crippen molar-refractivity contribution in [1.82, 2.24) is 4.90 Å². The lowest BCUT2D eigenvalue weighted by Crippen LogP contribution is -2.42. The van der Waals surface area contributed by atoms with Gasteiger partial charge in [-0.25, -0.2) is 8.42 Å². The summed E-state index contributed by atoms with van der Waals surface area (Å²) in [6.45, 7) is 0.552. The summed E-state index contributed by atoms with van der Waals surface area (Å²) in [5, 5.41) is 0. The Morgan fingerprint density at radius 3 is 1.70 bits per heavy atom. The zero-order chi connectivity index (χ0) is 21.6. The van der Waals surface area contributed by atoms with E-state index in [2.05, 4.69) is 22.6 Å². The van der Waals surface area contributed by atoms with Crippen LogP contribution in [0.2, 0.25) is 0 Å². The summed E-state index contributed by atoms with van der Waals surface area (Å²) >= 11 is 2.16. The molecule has 0 radical (unpaired) electrons. The van der Waals surface area contributed by atoms with Crippen LogP contribution in [0.4, 0.5) is 5.69 Å². The maximum Gasteiger partial charge on any atom is 0.243 e. The molecule has 1 amide bonds. The maximum atomic E-state index is 13.3. The first-order valence-corrected chi connectivity index (χ1v) is 12.3. The summed E-state index contributed by atoms with van der Waals surface area (Å²) in [6, 6.07) is 26.5. The zero-order valence-electron chi connectivity index (χ0n) is 16.6. The lowest BCUT2D eigenvalue weighted by atomic mass is 10.1. The summed E-state index contributed by atoms with van der Waals surface area (Å²) in [5.41, 5.74) is 2.45. The average molecular weight is 534 g/mol. The van der Waals surface area contributed by atoms with E-state index >= 15 is 0 Å². The fourth-order valence-electron chi connectivity index (χ4n) is 3.07. The van der Waals surface area contributed by atoms with E-state index in [4.69, 9.17) is 0 Å². The molecule has 3 aromatic rings. The number of benzene rings is 3. The highest BCUT2D eigenvalue weighted by molar-refractivity contribution is 14.1. The first kappa shape index (κ1) is 22.3. The molecule has 0 spiro atoms. The molecule has 7 heteroatoms. The standard InChI is InChI=1S/C23H23IN2O3S/c1-30(28,29)26(22-14-12-21(24)13-15-22)18-23(27)25(16-19-8-4-2-5-9-19)17-20-10-6-3-7-11-20/h2-15H,16-18H2,1H3. The SMILES string of the molecule is CS(=O)(=O)N(CC(=O)N(Cc1ccccc1)Cc1ccccc1)c1ccc(I)cc1. The van der Waals surface area contributed by atoms with Gasteiger partial charge in [-0.15, -0.1) is 0 Å². The molecule has 30 heavy (non-hydrogen) atoms. The number of amides is 1. The average Bonchev–Trinajstić information content (AvgIpc) is 2.73. The number of nitrogens with zero attached hydrogens (tertiary/aromatic N) is 2. The van der Waals surface area contributed by atoms with Crippen molar-refractivity contribution >= 4 is 44.2 Å². The van der Waals surface area contributed by atoms with Gasteiger partial charge in [-0.2, -0.15) is 0 Å². The topological polar surface area (TPSA) is 57.7 Å². The van der Waals surface area contributed by atoms with Crippen LogP contribution in [0.25, 0.3) is 0 Å². The van der Waals surface area contributed by atoms with E-state index in [9.17, 15) is 13.2 Å². The lowest BCUT2D eigenvalue weighted by molar-refractivity contribution is -0.130. The molecule has 0 saturated carbocycles. The van der Waals surface area contributed by atoms with E-state index in [1.54, 1.807) is 17.0 Å². The molecule has 0 aliphatic heterocycles. The molecule has 3 aromatic carbocycles. The minimum absolute atomic E-state index is 0.251. The quantitative estimate of drug-likeness (QED) is 0.406. The molecule has 0 aliphatic rings. The van der Waals surface area contributed by atoms with Gasteiger partial charge in [-0.05, 0) is 58.0 Å². The number of rotatable bonds is 8. The molecule has 0 heterocycles. The Kier molecular flexibility index (Phi) is 7.49. The minimum Gasteiger partial charge on any atom is -0.332 e. The van der Waals surface area contributed by atoms with Crippen LogP contribution in [0.1, 0.15) is 11.1 Å². The maximum absolute atomic E-state index is 13.3. The van der Waals surface area contributed by atoms with Gasteiger partial charge in [0.15, 0.2) is 0 Å². The Morgan fingerprint density at radius 2 is 1.27 bits per heavy atom. The third-order valence-electron chi connectivity index (χ3n) is 4.58. The smallest absolute Gasteiger partial charge is 0.243 e. The first-order chi connectivity index (χ1) is 14.3. The Morgan fingerprint density at radius 1 is 0.800 bits per heavy atom. The van der Waals surface area contributed by atoms with Crippen molar-refractivity contribution in [2.24, 2.45) is 0 Å². The van der Waals surface area contributed by atoms with Crippen molar-refractivity contribution in [2.45, 2.75) is 13.1 Å². The normalized spacial score (nSPS) is 11.1. The van der Waals surface area contributed by atoms with Crippen molar-refractivity contribution in [2.75, 3.05) is 17.1 Å². The van der Waals surface area contributed by atoms with Crippen LogP contribution in [0.5, 0.6) is 0 Å².